The zero-order chi connectivity index (χ0) is 12.8. The molecule has 0 aromatic heterocycles. The van der Waals surface area contributed by atoms with Crippen molar-refractivity contribution in [3.63, 3.8) is 0 Å². The molecule has 0 aliphatic heterocycles. The molecule has 0 heterocycles. The Morgan fingerprint density at radius 1 is 1.12 bits per heavy atom. The number of hydrogen-bond acceptors (Lipinski definition) is 3. The van der Waals surface area contributed by atoms with Crippen molar-refractivity contribution in [3.05, 3.63) is 35.9 Å². The summed E-state index contributed by atoms with van der Waals surface area (Å²) >= 11 is 0. The van der Waals surface area contributed by atoms with Crippen molar-refractivity contribution in [2.24, 2.45) is 11.5 Å². The highest BCUT2D eigenvalue weighted by Gasteiger charge is 2.20. The van der Waals surface area contributed by atoms with Gasteiger partial charge in [0.15, 0.2) is 0 Å². The normalized spacial score (nSPS) is 11.5. The van der Waals surface area contributed by atoms with Gasteiger partial charge in [0, 0.05) is 5.56 Å². The number of nitrogens with one attached hydrogen (secondary N) is 1. The monoisotopic (exact) mass is 235 g/mol. The first-order chi connectivity index (χ1) is 8.00. The molecule has 90 valence electrons. The molecule has 17 heavy (non-hydrogen) atoms. The Hall–Kier alpha value is -2.37. The highest BCUT2D eigenvalue weighted by molar-refractivity contribution is 5.98. The molecule has 0 saturated heterocycles. The van der Waals surface area contributed by atoms with Crippen LogP contribution in [-0.2, 0) is 9.59 Å². The van der Waals surface area contributed by atoms with Crippen LogP contribution >= 0.6 is 0 Å². The van der Waals surface area contributed by atoms with Gasteiger partial charge in [-0.15, -0.1) is 0 Å². The molecule has 0 aliphatic rings. The second-order valence-corrected chi connectivity index (χ2v) is 3.46. The summed E-state index contributed by atoms with van der Waals surface area (Å²) in [5.41, 5.74) is 10.4. The smallest absolute Gasteiger partial charge is 0.251 e. The van der Waals surface area contributed by atoms with Crippen molar-refractivity contribution in [2.45, 2.75) is 12.5 Å². The quantitative estimate of drug-likeness (QED) is 0.617. The van der Waals surface area contributed by atoms with E-state index < -0.39 is 23.8 Å². The van der Waals surface area contributed by atoms with Gasteiger partial charge in [-0.1, -0.05) is 18.2 Å². The Balaban J connectivity index is 2.71. The van der Waals surface area contributed by atoms with E-state index in [2.05, 4.69) is 5.32 Å². The number of nitrogens with two attached hydrogens (primary N) is 2. The molecule has 3 amide bonds. The molecule has 5 N–H and O–H groups in total. The molecule has 1 atom stereocenters. The molecule has 1 rings (SSSR count). The van der Waals surface area contributed by atoms with E-state index in [1.54, 1.807) is 30.3 Å². The molecule has 6 nitrogen and oxygen atoms in total. The minimum atomic E-state index is -1.08. The average molecular weight is 235 g/mol. The number of benzene rings is 1. The van der Waals surface area contributed by atoms with Gasteiger partial charge in [0.1, 0.15) is 6.04 Å². The standard InChI is InChI=1S/C11H13N3O3/c12-9(15)6-8(10(13)16)14-11(17)7-4-2-1-3-5-7/h1-5,8H,6H2,(H2,12,15)(H2,13,16)(H,14,17)/t8-/m1/s1. The zero-order valence-electron chi connectivity index (χ0n) is 9.05. The van der Waals surface area contributed by atoms with Crippen molar-refractivity contribution in [1.82, 2.24) is 5.32 Å². The molecular weight excluding hydrogens is 222 g/mol. The number of primary amides is 2. The van der Waals surface area contributed by atoms with Gasteiger partial charge in [0.2, 0.25) is 11.8 Å². The third-order valence-corrected chi connectivity index (χ3v) is 2.09. The van der Waals surface area contributed by atoms with Gasteiger partial charge in [-0.05, 0) is 12.1 Å². The summed E-state index contributed by atoms with van der Waals surface area (Å²) in [5, 5.41) is 2.35. The lowest BCUT2D eigenvalue weighted by Crippen LogP contribution is -2.46. The van der Waals surface area contributed by atoms with Crippen LogP contribution in [-0.4, -0.2) is 23.8 Å². The summed E-state index contributed by atoms with van der Waals surface area (Å²) in [6.45, 7) is 0. The Morgan fingerprint density at radius 3 is 2.18 bits per heavy atom. The van der Waals surface area contributed by atoms with Gasteiger partial charge < -0.3 is 16.8 Å². The van der Waals surface area contributed by atoms with E-state index in [9.17, 15) is 14.4 Å². The fraction of sp³-hybridized carbons (Fsp3) is 0.182. The average Bonchev–Trinajstić information content (AvgIpc) is 2.28. The molecule has 0 unspecified atom stereocenters. The van der Waals surface area contributed by atoms with Crippen molar-refractivity contribution >= 4 is 17.7 Å². The Bertz CT molecular complexity index is 431. The summed E-state index contributed by atoms with van der Waals surface area (Å²) in [6.07, 6.45) is -0.312. The molecule has 1 aromatic rings. The van der Waals surface area contributed by atoms with Gasteiger partial charge in [0.25, 0.3) is 5.91 Å². The number of carbonyl (C=O) groups is 3. The molecule has 0 fully saturated rings. The minimum absolute atomic E-state index is 0.312. The summed E-state index contributed by atoms with van der Waals surface area (Å²) in [7, 11) is 0. The van der Waals surface area contributed by atoms with Crippen LogP contribution in [0.5, 0.6) is 0 Å². The number of amides is 3. The van der Waals surface area contributed by atoms with Crippen LogP contribution in [0.2, 0.25) is 0 Å². The fourth-order valence-electron chi connectivity index (χ4n) is 1.26. The Kier molecular flexibility index (Phi) is 4.21. The van der Waals surface area contributed by atoms with Crippen molar-refractivity contribution in [3.8, 4) is 0 Å². The molecule has 6 heteroatoms. The van der Waals surface area contributed by atoms with E-state index in [-0.39, 0.29) is 6.42 Å². The number of carbonyl (C=O) groups excluding carboxylic acids is 3. The van der Waals surface area contributed by atoms with Gasteiger partial charge in [-0.25, -0.2) is 0 Å². The highest BCUT2D eigenvalue weighted by Crippen LogP contribution is 2.00. The van der Waals surface area contributed by atoms with E-state index >= 15 is 0 Å². The van der Waals surface area contributed by atoms with E-state index in [0.29, 0.717) is 5.56 Å². The lowest BCUT2D eigenvalue weighted by atomic mass is 10.1. The number of rotatable bonds is 5. The maximum Gasteiger partial charge on any atom is 0.251 e. The van der Waals surface area contributed by atoms with E-state index in [0.717, 1.165) is 0 Å². The van der Waals surface area contributed by atoms with Crippen LogP contribution in [0.4, 0.5) is 0 Å². The first-order valence-electron chi connectivity index (χ1n) is 4.94. The summed E-state index contributed by atoms with van der Waals surface area (Å²) in [6, 6.07) is 7.20. The molecule has 0 spiro atoms. The van der Waals surface area contributed by atoms with Crippen molar-refractivity contribution < 1.29 is 14.4 Å². The first-order valence-corrected chi connectivity index (χ1v) is 4.94. The minimum Gasteiger partial charge on any atom is -0.370 e. The zero-order valence-corrected chi connectivity index (χ0v) is 9.05. The second-order valence-electron chi connectivity index (χ2n) is 3.46. The lowest BCUT2D eigenvalue weighted by Gasteiger charge is -2.13. The third-order valence-electron chi connectivity index (χ3n) is 2.09. The molecule has 0 bridgehead atoms. The predicted octanol–water partition coefficient (Wildman–Crippen LogP) is -0.854. The van der Waals surface area contributed by atoms with Crippen LogP contribution in [0.15, 0.2) is 30.3 Å². The maximum atomic E-state index is 11.7. The predicted molar refractivity (Wildman–Crippen MR) is 60.7 cm³/mol. The van der Waals surface area contributed by atoms with Gasteiger partial charge in [0.05, 0.1) is 6.42 Å². The third kappa shape index (κ3) is 3.94. The molecule has 0 radical (unpaired) electrons. The molecule has 0 saturated carbocycles. The van der Waals surface area contributed by atoms with E-state index in [1.165, 1.54) is 0 Å². The molecule has 0 aliphatic carbocycles. The van der Waals surface area contributed by atoms with Crippen LogP contribution in [0, 0.1) is 0 Å². The maximum absolute atomic E-state index is 11.7. The summed E-state index contributed by atoms with van der Waals surface area (Å²) < 4.78 is 0. The van der Waals surface area contributed by atoms with Crippen LogP contribution < -0.4 is 16.8 Å². The largest absolute Gasteiger partial charge is 0.370 e. The van der Waals surface area contributed by atoms with Crippen LogP contribution in [0.1, 0.15) is 16.8 Å². The lowest BCUT2D eigenvalue weighted by molar-refractivity contribution is -0.124. The van der Waals surface area contributed by atoms with Crippen LogP contribution in [0.3, 0.4) is 0 Å². The van der Waals surface area contributed by atoms with Gasteiger partial charge >= 0.3 is 0 Å². The first kappa shape index (κ1) is 12.7. The second kappa shape index (κ2) is 5.64. The summed E-state index contributed by atoms with van der Waals surface area (Å²) in [4.78, 5) is 33.4. The number of hydrogen-bond donors (Lipinski definition) is 3. The fourth-order valence-corrected chi connectivity index (χ4v) is 1.26. The van der Waals surface area contributed by atoms with Gasteiger partial charge in [-0.3, -0.25) is 14.4 Å². The topological polar surface area (TPSA) is 115 Å². The van der Waals surface area contributed by atoms with E-state index in [4.69, 9.17) is 11.5 Å². The van der Waals surface area contributed by atoms with Crippen molar-refractivity contribution in [1.29, 1.82) is 0 Å². The van der Waals surface area contributed by atoms with E-state index in [1.807, 2.05) is 0 Å². The summed E-state index contributed by atoms with van der Waals surface area (Å²) in [5.74, 6) is -1.98. The SMILES string of the molecule is NC(=O)C[C@@H](NC(=O)c1ccccc1)C(N)=O. The highest BCUT2D eigenvalue weighted by atomic mass is 16.2. The molecular formula is C11H13N3O3. The Labute approximate surface area is 98.0 Å². The molecule has 1 aromatic carbocycles. The van der Waals surface area contributed by atoms with Crippen LogP contribution in [0.25, 0.3) is 0 Å². The van der Waals surface area contributed by atoms with Crippen molar-refractivity contribution in [2.75, 3.05) is 0 Å². The Morgan fingerprint density at radius 2 is 1.71 bits per heavy atom. The van der Waals surface area contributed by atoms with Gasteiger partial charge in [-0.2, -0.15) is 0 Å².